The number of aliphatic hydroxyl groups is 1. The maximum absolute atomic E-state index is 9.06. The van der Waals surface area contributed by atoms with Crippen LogP contribution < -0.4 is 0 Å². The van der Waals surface area contributed by atoms with Crippen LogP contribution in [0.5, 0.6) is 0 Å². The average molecular weight is 493 g/mol. The van der Waals surface area contributed by atoms with E-state index in [-0.39, 0.29) is 0 Å². The van der Waals surface area contributed by atoms with Gasteiger partial charge in [-0.1, -0.05) is 167 Å². The Labute approximate surface area is 223 Å². The Morgan fingerprint density at radius 3 is 1.03 bits per heavy atom. The van der Waals surface area contributed by atoms with Gasteiger partial charge >= 0.3 is 0 Å². The lowest BCUT2D eigenvalue weighted by Crippen LogP contribution is -1.90. The van der Waals surface area contributed by atoms with Crippen LogP contribution in [0.3, 0.4) is 0 Å². The van der Waals surface area contributed by atoms with Crippen LogP contribution in [0.15, 0.2) is 11.6 Å². The monoisotopic (exact) mass is 493 g/mol. The predicted octanol–water partition coefficient (Wildman–Crippen LogP) is 12.3. The zero-order valence-electron chi connectivity index (χ0n) is 24.7. The van der Waals surface area contributed by atoms with Gasteiger partial charge in [0.05, 0.1) is 0 Å². The molecule has 0 aliphatic rings. The van der Waals surface area contributed by atoms with E-state index in [1.165, 1.54) is 173 Å². The molecule has 0 saturated carbocycles. The zero-order chi connectivity index (χ0) is 25.5. The highest BCUT2D eigenvalue weighted by atomic mass is 16.2. The first-order chi connectivity index (χ1) is 17.3. The number of hydrogen-bond acceptors (Lipinski definition) is 1. The first kappa shape index (κ1) is 34.7. The molecule has 0 amide bonds. The molecule has 35 heavy (non-hydrogen) atoms. The van der Waals surface area contributed by atoms with E-state index < -0.39 is 0 Å². The van der Waals surface area contributed by atoms with E-state index in [1.807, 2.05) is 0 Å². The highest BCUT2D eigenvalue weighted by molar-refractivity contribution is 5.01. The zero-order valence-corrected chi connectivity index (χ0v) is 24.7. The lowest BCUT2D eigenvalue weighted by atomic mass is 9.97. The predicted molar refractivity (Wildman–Crippen MR) is 160 cm³/mol. The largest absolute Gasteiger partial charge is 0.396 e. The van der Waals surface area contributed by atoms with Crippen LogP contribution in [-0.4, -0.2) is 11.7 Å². The van der Waals surface area contributed by atoms with Crippen molar-refractivity contribution in [2.45, 2.75) is 200 Å². The standard InChI is InChI=1S/C34H68O/c1-3-5-7-9-11-13-15-17-19-21-23-26-30-34(32-28-25-29-33-35)31-27-24-22-20-18-16-14-12-10-8-6-4-2/h32,35H,3-31,33H2,1-2H3. The van der Waals surface area contributed by atoms with Gasteiger partial charge in [-0.2, -0.15) is 0 Å². The van der Waals surface area contributed by atoms with Crippen molar-refractivity contribution in [1.29, 1.82) is 0 Å². The Morgan fingerprint density at radius 2 is 0.714 bits per heavy atom. The van der Waals surface area contributed by atoms with Crippen molar-refractivity contribution >= 4 is 0 Å². The van der Waals surface area contributed by atoms with Gasteiger partial charge in [-0.25, -0.2) is 0 Å². The molecule has 1 nitrogen and oxygen atoms in total. The molecule has 0 aliphatic carbocycles. The fourth-order valence-electron chi connectivity index (χ4n) is 5.28. The van der Waals surface area contributed by atoms with Crippen LogP contribution in [0.1, 0.15) is 200 Å². The highest BCUT2D eigenvalue weighted by Gasteiger charge is 2.01. The first-order valence-electron chi connectivity index (χ1n) is 16.6. The van der Waals surface area contributed by atoms with Gasteiger partial charge in [-0.3, -0.25) is 0 Å². The normalized spacial score (nSPS) is 11.3. The molecule has 0 aliphatic heterocycles. The van der Waals surface area contributed by atoms with Gasteiger partial charge in [0.15, 0.2) is 0 Å². The lowest BCUT2D eigenvalue weighted by Gasteiger charge is -2.09. The highest BCUT2D eigenvalue weighted by Crippen LogP contribution is 2.20. The Morgan fingerprint density at radius 1 is 0.400 bits per heavy atom. The van der Waals surface area contributed by atoms with Gasteiger partial charge in [0.1, 0.15) is 0 Å². The van der Waals surface area contributed by atoms with Crippen molar-refractivity contribution in [2.24, 2.45) is 0 Å². The number of aliphatic hydroxyl groups excluding tert-OH is 1. The molecule has 0 radical (unpaired) electrons. The molecular formula is C34H68O. The first-order valence-corrected chi connectivity index (χ1v) is 16.6. The summed E-state index contributed by atoms with van der Waals surface area (Å²) >= 11 is 0. The van der Waals surface area contributed by atoms with Gasteiger partial charge in [-0.15, -0.1) is 0 Å². The minimum atomic E-state index is 0.348. The topological polar surface area (TPSA) is 20.2 Å². The van der Waals surface area contributed by atoms with E-state index in [0.717, 1.165) is 12.8 Å². The molecule has 0 bridgehead atoms. The second-order valence-electron chi connectivity index (χ2n) is 11.4. The van der Waals surface area contributed by atoms with Crippen LogP contribution in [-0.2, 0) is 0 Å². The summed E-state index contributed by atoms with van der Waals surface area (Å²) in [4.78, 5) is 0. The Bertz CT molecular complexity index is 369. The van der Waals surface area contributed by atoms with E-state index in [4.69, 9.17) is 5.11 Å². The van der Waals surface area contributed by atoms with Gasteiger partial charge in [0.2, 0.25) is 0 Å². The number of unbranched alkanes of at least 4 members (excludes halogenated alkanes) is 24. The molecule has 0 aromatic heterocycles. The fraction of sp³-hybridized carbons (Fsp3) is 0.941. The van der Waals surface area contributed by atoms with E-state index in [1.54, 1.807) is 5.57 Å². The molecule has 0 heterocycles. The molecule has 210 valence electrons. The third-order valence-corrected chi connectivity index (χ3v) is 7.75. The van der Waals surface area contributed by atoms with Crippen molar-refractivity contribution in [3.05, 3.63) is 11.6 Å². The van der Waals surface area contributed by atoms with Crippen molar-refractivity contribution in [2.75, 3.05) is 6.61 Å². The molecule has 1 heteroatoms. The Balaban J connectivity index is 3.71. The molecule has 0 spiro atoms. The molecule has 0 aromatic carbocycles. The molecule has 1 N–H and O–H groups in total. The van der Waals surface area contributed by atoms with Gasteiger partial charge in [0.25, 0.3) is 0 Å². The van der Waals surface area contributed by atoms with Crippen LogP contribution in [0.4, 0.5) is 0 Å². The van der Waals surface area contributed by atoms with Crippen LogP contribution in [0.2, 0.25) is 0 Å². The Hall–Kier alpha value is -0.300. The summed E-state index contributed by atoms with van der Waals surface area (Å²) in [6, 6.07) is 0. The second-order valence-corrected chi connectivity index (χ2v) is 11.4. The minimum Gasteiger partial charge on any atom is -0.396 e. The fourth-order valence-corrected chi connectivity index (χ4v) is 5.28. The van der Waals surface area contributed by atoms with Gasteiger partial charge in [-0.05, 0) is 44.9 Å². The number of hydrogen-bond donors (Lipinski definition) is 1. The maximum Gasteiger partial charge on any atom is 0.0431 e. The molecule has 0 rings (SSSR count). The quantitative estimate of drug-likeness (QED) is 0.0780. The lowest BCUT2D eigenvalue weighted by molar-refractivity contribution is 0.285. The van der Waals surface area contributed by atoms with E-state index in [2.05, 4.69) is 19.9 Å². The van der Waals surface area contributed by atoms with Gasteiger partial charge < -0.3 is 5.11 Å². The van der Waals surface area contributed by atoms with Gasteiger partial charge in [0, 0.05) is 6.61 Å². The van der Waals surface area contributed by atoms with E-state index >= 15 is 0 Å². The minimum absolute atomic E-state index is 0.348. The summed E-state index contributed by atoms with van der Waals surface area (Å²) < 4.78 is 0. The summed E-state index contributed by atoms with van der Waals surface area (Å²) in [6.07, 6.45) is 42.9. The Kier molecular flexibility index (Phi) is 31.5. The van der Waals surface area contributed by atoms with Crippen LogP contribution in [0, 0.1) is 0 Å². The number of rotatable bonds is 30. The van der Waals surface area contributed by atoms with Crippen molar-refractivity contribution < 1.29 is 5.11 Å². The van der Waals surface area contributed by atoms with Crippen molar-refractivity contribution in [3.8, 4) is 0 Å². The summed E-state index contributed by atoms with van der Waals surface area (Å²) in [7, 11) is 0. The summed E-state index contributed by atoms with van der Waals surface area (Å²) in [5.74, 6) is 0. The van der Waals surface area contributed by atoms with E-state index in [9.17, 15) is 0 Å². The molecule has 0 aromatic rings. The van der Waals surface area contributed by atoms with E-state index in [0.29, 0.717) is 6.61 Å². The van der Waals surface area contributed by atoms with Crippen LogP contribution >= 0.6 is 0 Å². The SMILES string of the molecule is CCCCCCCCCCCCCCC(=CCCCCO)CCCCCCCCCCCCCC. The molecule has 0 unspecified atom stereocenters. The number of allylic oxidation sites excluding steroid dienone is 2. The molecule has 0 saturated heterocycles. The molecule has 0 atom stereocenters. The average Bonchev–Trinajstić information content (AvgIpc) is 2.87. The second kappa shape index (κ2) is 31.7. The summed E-state index contributed by atoms with van der Waals surface area (Å²) in [6.45, 7) is 4.95. The summed E-state index contributed by atoms with van der Waals surface area (Å²) in [5, 5.41) is 9.06. The third kappa shape index (κ3) is 29.8. The third-order valence-electron chi connectivity index (χ3n) is 7.75. The summed E-state index contributed by atoms with van der Waals surface area (Å²) in [5.41, 5.74) is 1.72. The smallest absolute Gasteiger partial charge is 0.0431 e. The van der Waals surface area contributed by atoms with Crippen molar-refractivity contribution in [3.63, 3.8) is 0 Å². The van der Waals surface area contributed by atoms with Crippen LogP contribution in [0.25, 0.3) is 0 Å². The van der Waals surface area contributed by atoms with Crippen molar-refractivity contribution in [1.82, 2.24) is 0 Å². The molecule has 0 fully saturated rings. The molecular weight excluding hydrogens is 424 g/mol. The maximum atomic E-state index is 9.06.